The van der Waals surface area contributed by atoms with Gasteiger partial charge in [0, 0.05) is 57.1 Å². The van der Waals surface area contributed by atoms with E-state index in [1.165, 1.54) is 11.3 Å². The summed E-state index contributed by atoms with van der Waals surface area (Å²) in [5, 5.41) is 0. The smallest absolute Gasteiger partial charge is 0.230 e. The number of methoxy groups -OCH3 is 1. The van der Waals surface area contributed by atoms with E-state index in [0.717, 1.165) is 77.5 Å². The minimum Gasteiger partial charge on any atom is -0.496 e. The number of hydrogen-bond acceptors (Lipinski definition) is 5. The Morgan fingerprint density at radius 3 is 2.79 bits per heavy atom. The molecular weight excluding hydrogens is 366 g/mol. The molecule has 3 aliphatic rings. The summed E-state index contributed by atoms with van der Waals surface area (Å²) in [6.45, 7) is 6.76. The molecule has 0 radical (unpaired) electrons. The van der Waals surface area contributed by atoms with Crippen LogP contribution in [0.15, 0.2) is 30.4 Å². The van der Waals surface area contributed by atoms with Crippen molar-refractivity contribution in [2.24, 2.45) is 5.41 Å². The van der Waals surface area contributed by atoms with Crippen LogP contribution in [-0.4, -0.2) is 75.8 Å². The van der Waals surface area contributed by atoms with Gasteiger partial charge >= 0.3 is 0 Å². The molecule has 0 N–H and O–H groups in total. The number of ether oxygens (including phenoxy) is 2. The van der Waals surface area contributed by atoms with Gasteiger partial charge in [-0.05, 0) is 31.9 Å². The zero-order valence-electron chi connectivity index (χ0n) is 17.7. The van der Waals surface area contributed by atoms with Crippen LogP contribution < -0.4 is 9.64 Å². The predicted octanol–water partition coefficient (Wildman–Crippen LogP) is 2.53. The average Bonchev–Trinajstić information content (AvgIpc) is 2.89. The lowest BCUT2D eigenvalue weighted by molar-refractivity contribution is -0.143. The van der Waals surface area contributed by atoms with E-state index in [1.54, 1.807) is 7.11 Å². The Morgan fingerprint density at radius 2 is 2.00 bits per heavy atom. The first-order valence-corrected chi connectivity index (χ1v) is 10.7. The monoisotopic (exact) mass is 399 g/mol. The number of amides is 1. The van der Waals surface area contributed by atoms with E-state index in [2.05, 4.69) is 40.2 Å². The SMILES string of the molecule is COc1cc(N2CCOCC2)ccc1CN1CCC[C@@]2(CC=CCN(C)C2=O)C1. The number of carbonyl (C=O) groups is 1. The van der Waals surface area contributed by atoms with Gasteiger partial charge in [-0.15, -0.1) is 0 Å². The minimum absolute atomic E-state index is 0.277. The lowest BCUT2D eigenvalue weighted by Crippen LogP contribution is -2.51. The summed E-state index contributed by atoms with van der Waals surface area (Å²) in [5.41, 5.74) is 2.10. The first kappa shape index (κ1) is 20.2. The summed E-state index contributed by atoms with van der Waals surface area (Å²) in [7, 11) is 3.67. The molecular formula is C23H33N3O3. The highest BCUT2D eigenvalue weighted by Gasteiger charge is 2.43. The molecule has 1 aromatic carbocycles. The maximum atomic E-state index is 13.1. The average molecular weight is 400 g/mol. The summed E-state index contributed by atoms with van der Waals surface area (Å²) in [6, 6.07) is 6.52. The number of allylic oxidation sites excluding steroid dienone is 1. The van der Waals surface area contributed by atoms with Crippen LogP contribution in [0.5, 0.6) is 5.75 Å². The Morgan fingerprint density at radius 1 is 1.17 bits per heavy atom. The number of anilines is 1. The van der Waals surface area contributed by atoms with Crippen LogP contribution in [0, 0.1) is 5.41 Å². The van der Waals surface area contributed by atoms with Crippen LogP contribution in [0.1, 0.15) is 24.8 Å². The lowest BCUT2D eigenvalue weighted by Gasteiger charge is -2.42. The molecule has 0 unspecified atom stereocenters. The molecule has 4 rings (SSSR count). The number of benzene rings is 1. The Hall–Kier alpha value is -2.05. The van der Waals surface area contributed by atoms with E-state index >= 15 is 0 Å². The predicted molar refractivity (Wildman–Crippen MR) is 114 cm³/mol. The maximum absolute atomic E-state index is 13.1. The van der Waals surface area contributed by atoms with Crippen LogP contribution in [0.4, 0.5) is 5.69 Å². The molecule has 3 heterocycles. The third kappa shape index (κ3) is 4.28. The number of morpholine rings is 1. The Labute approximate surface area is 174 Å². The molecule has 1 atom stereocenters. The van der Waals surface area contributed by atoms with Crippen LogP contribution in [0.3, 0.4) is 0 Å². The van der Waals surface area contributed by atoms with Crippen molar-refractivity contribution in [3.63, 3.8) is 0 Å². The second-order valence-electron chi connectivity index (χ2n) is 8.55. The first-order valence-electron chi connectivity index (χ1n) is 10.7. The molecule has 1 amide bonds. The summed E-state index contributed by atoms with van der Waals surface area (Å²) in [6.07, 6.45) is 7.20. The molecule has 3 aliphatic heterocycles. The molecule has 1 spiro atoms. The van der Waals surface area contributed by atoms with Crippen molar-refractivity contribution in [1.29, 1.82) is 0 Å². The van der Waals surface area contributed by atoms with E-state index in [4.69, 9.17) is 9.47 Å². The third-order valence-corrected chi connectivity index (χ3v) is 6.55. The highest BCUT2D eigenvalue weighted by molar-refractivity contribution is 5.83. The molecule has 158 valence electrons. The molecule has 6 nitrogen and oxygen atoms in total. The van der Waals surface area contributed by atoms with E-state index in [0.29, 0.717) is 5.91 Å². The van der Waals surface area contributed by atoms with Crippen molar-refractivity contribution in [2.45, 2.75) is 25.8 Å². The van der Waals surface area contributed by atoms with Gasteiger partial charge < -0.3 is 19.3 Å². The molecule has 0 aliphatic carbocycles. The van der Waals surface area contributed by atoms with E-state index in [-0.39, 0.29) is 5.41 Å². The highest BCUT2D eigenvalue weighted by atomic mass is 16.5. The van der Waals surface area contributed by atoms with E-state index < -0.39 is 0 Å². The molecule has 2 fully saturated rings. The summed E-state index contributed by atoms with van der Waals surface area (Å²) in [5.74, 6) is 1.22. The van der Waals surface area contributed by atoms with Crippen molar-refractivity contribution in [1.82, 2.24) is 9.80 Å². The largest absolute Gasteiger partial charge is 0.496 e. The zero-order valence-corrected chi connectivity index (χ0v) is 17.7. The first-order chi connectivity index (χ1) is 14.1. The van der Waals surface area contributed by atoms with Gasteiger partial charge in [0.1, 0.15) is 5.75 Å². The van der Waals surface area contributed by atoms with Crippen LogP contribution in [0.25, 0.3) is 0 Å². The lowest BCUT2D eigenvalue weighted by atomic mass is 9.76. The Bertz CT molecular complexity index is 760. The second-order valence-corrected chi connectivity index (χ2v) is 8.55. The van der Waals surface area contributed by atoms with Crippen LogP contribution in [-0.2, 0) is 16.1 Å². The van der Waals surface area contributed by atoms with Crippen LogP contribution >= 0.6 is 0 Å². The fourth-order valence-electron chi connectivity index (χ4n) is 4.94. The van der Waals surface area contributed by atoms with Gasteiger partial charge in [-0.1, -0.05) is 18.2 Å². The normalized spacial score (nSPS) is 26.1. The van der Waals surface area contributed by atoms with Gasteiger partial charge in [-0.2, -0.15) is 0 Å². The highest BCUT2D eigenvalue weighted by Crippen LogP contribution is 2.38. The topological polar surface area (TPSA) is 45.3 Å². The number of rotatable bonds is 4. The summed E-state index contributed by atoms with van der Waals surface area (Å²) < 4.78 is 11.2. The van der Waals surface area contributed by atoms with E-state index in [1.807, 2.05) is 11.9 Å². The summed E-state index contributed by atoms with van der Waals surface area (Å²) in [4.78, 5) is 19.7. The molecule has 0 aromatic heterocycles. The fourth-order valence-corrected chi connectivity index (χ4v) is 4.94. The molecule has 2 saturated heterocycles. The van der Waals surface area contributed by atoms with Crippen LogP contribution in [0.2, 0.25) is 0 Å². The van der Waals surface area contributed by atoms with Gasteiger partial charge in [-0.3, -0.25) is 9.69 Å². The van der Waals surface area contributed by atoms with Gasteiger partial charge in [0.2, 0.25) is 5.91 Å². The van der Waals surface area contributed by atoms with Crippen molar-refractivity contribution < 1.29 is 14.3 Å². The quantitative estimate of drug-likeness (QED) is 0.728. The van der Waals surface area contributed by atoms with Gasteiger partial charge in [0.05, 0.1) is 25.7 Å². The van der Waals surface area contributed by atoms with Gasteiger partial charge in [0.15, 0.2) is 0 Å². The molecule has 0 saturated carbocycles. The molecule has 29 heavy (non-hydrogen) atoms. The van der Waals surface area contributed by atoms with Gasteiger partial charge in [-0.25, -0.2) is 0 Å². The number of likely N-dealkylation sites (tertiary alicyclic amines) is 1. The van der Waals surface area contributed by atoms with Crippen molar-refractivity contribution >= 4 is 11.6 Å². The number of piperidine rings is 1. The maximum Gasteiger partial charge on any atom is 0.230 e. The third-order valence-electron chi connectivity index (χ3n) is 6.55. The molecule has 1 aromatic rings. The number of likely N-dealkylation sites (N-methyl/N-ethyl adjacent to an activating group) is 1. The van der Waals surface area contributed by atoms with Crippen molar-refractivity contribution in [3.05, 3.63) is 35.9 Å². The summed E-state index contributed by atoms with van der Waals surface area (Å²) >= 11 is 0. The zero-order chi connectivity index (χ0) is 20.3. The number of nitrogens with zero attached hydrogens (tertiary/aromatic N) is 3. The van der Waals surface area contributed by atoms with Crippen molar-refractivity contribution in [3.8, 4) is 5.75 Å². The molecule has 6 heteroatoms. The minimum atomic E-state index is -0.277. The van der Waals surface area contributed by atoms with Gasteiger partial charge in [0.25, 0.3) is 0 Å². The standard InChI is InChI=1S/C23H33N3O3/c1-24-10-4-3-8-23(22(24)27)9-5-11-25(18-23)17-19-6-7-20(16-21(19)28-2)26-12-14-29-15-13-26/h3-4,6-7,16H,5,8-15,17-18H2,1-2H3/t23-/m0/s1. The number of hydrogen-bond donors (Lipinski definition) is 0. The Balaban J connectivity index is 1.49. The van der Waals surface area contributed by atoms with E-state index in [9.17, 15) is 4.79 Å². The Kier molecular flexibility index (Phi) is 6.11. The second kappa shape index (κ2) is 8.76. The fraction of sp³-hybridized carbons (Fsp3) is 0.609. The van der Waals surface area contributed by atoms with Crippen molar-refractivity contribution in [2.75, 3.05) is 65.0 Å². The molecule has 0 bridgehead atoms. The number of carbonyl (C=O) groups excluding carboxylic acids is 1.